The number of hydrogen-bond donors (Lipinski definition) is 3. The number of benzene rings is 1. The quantitative estimate of drug-likeness (QED) is 0.473. The van der Waals surface area contributed by atoms with Crippen molar-refractivity contribution in [1.29, 1.82) is 0 Å². The van der Waals surface area contributed by atoms with E-state index in [1.807, 2.05) is 39.0 Å². The van der Waals surface area contributed by atoms with Crippen LogP contribution in [0.5, 0.6) is 5.75 Å². The zero-order valence-electron chi connectivity index (χ0n) is 20.8. The van der Waals surface area contributed by atoms with E-state index in [0.29, 0.717) is 42.4 Å². The van der Waals surface area contributed by atoms with Crippen LogP contribution in [0.3, 0.4) is 0 Å². The summed E-state index contributed by atoms with van der Waals surface area (Å²) in [4.78, 5) is 21.7. The van der Waals surface area contributed by atoms with Crippen LogP contribution in [0.15, 0.2) is 36.4 Å². The lowest BCUT2D eigenvalue weighted by Gasteiger charge is -2.40. The second kappa shape index (κ2) is 9.85. The molecule has 2 aromatic heterocycles. The number of carbonyl (C=O) groups is 1. The number of aromatic amines is 1. The van der Waals surface area contributed by atoms with Crippen molar-refractivity contribution < 1.29 is 23.0 Å². The van der Waals surface area contributed by atoms with Gasteiger partial charge in [-0.25, -0.2) is 9.78 Å². The summed E-state index contributed by atoms with van der Waals surface area (Å²) in [6.07, 6.45) is -3.65. The van der Waals surface area contributed by atoms with Gasteiger partial charge in [0.1, 0.15) is 17.4 Å². The molecule has 1 saturated heterocycles. The number of urea groups is 1. The maximum absolute atomic E-state index is 13.4. The highest BCUT2D eigenvalue weighted by molar-refractivity contribution is 5.75. The molecule has 0 aliphatic carbocycles. The van der Waals surface area contributed by atoms with E-state index in [9.17, 15) is 13.6 Å². The van der Waals surface area contributed by atoms with Gasteiger partial charge < -0.3 is 25.2 Å². The van der Waals surface area contributed by atoms with Gasteiger partial charge in [0.25, 0.3) is 0 Å². The van der Waals surface area contributed by atoms with Gasteiger partial charge in [-0.15, -0.1) is 8.78 Å². The third-order valence-electron chi connectivity index (χ3n) is 6.40. The smallest absolute Gasteiger partial charge is 0.409 e. The fourth-order valence-electron chi connectivity index (χ4n) is 4.58. The lowest BCUT2D eigenvalue weighted by Crippen LogP contribution is -2.56. The number of H-pyrrole nitrogens is 1. The number of pyridine rings is 1. The number of carbonyl (C=O) groups excluding carboxylic acids is 1. The van der Waals surface area contributed by atoms with E-state index in [0.717, 1.165) is 17.1 Å². The first-order chi connectivity index (χ1) is 17.7. The fourth-order valence-corrected chi connectivity index (χ4v) is 4.58. The Morgan fingerprint density at radius 1 is 1.22 bits per heavy atom. The number of aromatic nitrogens is 3. The van der Waals surface area contributed by atoms with Crippen molar-refractivity contribution in [2.45, 2.75) is 46.3 Å². The topological polar surface area (TPSA) is 108 Å². The zero-order valence-corrected chi connectivity index (χ0v) is 20.8. The molecular formula is C25H29F2N7O3. The molecule has 0 spiro atoms. The molecule has 0 bridgehead atoms. The van der Waals surface area contributed by atoms with E-state index in [1.165, 1.54) is 6.07 Å². The normalized spacial score (nSPS) is 18.7. The Kier molecular flexibility index (Phi) is 6.59. The number of fused-ring (bicyclic) bond motifs is 1. The van der Waals surface area contributed by atoms with E-state index < -0.39 is 6.29 Å². The molecule has 4 heterocycles. The summed E-state index contributed by atoms with van der Waals surface area (Å²) >= 11 is 0. The van der Waals surface area contributed by atoms with Gasteiger partial charge in [-0.1, -0.05) is 12.1 Å². The minimum absolute atomic E-state index is 0.0620. The number of alkyl halides is 2. The van der Waals surface area contributed by atoms with Crippen LogP contribution in [0.25, 0.3) is 0 Å². The van der Waals surface area contributed by atoms with E-state index in [1.54, 1.807) is 17.0 Å². The van der Waals surface area contributed by atoms with Crippen molar-refractivity contribution in [3.05, 3.63) is 58.8 Å². The van der Waals surface area contributed by atoms with Crippen LogP contribution in [-0.4, -0.2) is 58.1 Å². The summed E-state index contributed by atoms with van der Waals surface area (Å²) in [6, 6.07) is 10.4. The van der Waals surface area contributed by atoms with E-state index in [2.05, 4.69) is 35.2 Å². The van der Waals surface area contributed by atoms with Gasteiger partial charge in [0.2, 0.25) is 0 Å². The number of aryl methyl sites for hydroxylation is 2. The van der Waals surface area contributed by atoms with E-state index >= 15 is 0 Å². The molecule has 0 saturated carbocycles. The molecule has 0 unspecified atom stereocenters. The number of piperazine rings is 1. The number of halogens is 2. The largest absolute Gasteiger partial charge is 0.535 e. The first kappa shape index (κ1) is 24.8. The minimum Gasteiger partial charge on any atom is -0.409 e. The molecule has 2 aliphatic heterocycles. The van der Waals surface area contributed by atoms with Gasteiger partial charge >= 0.3 is 12.3 Å². The molecular weight excluding hydrogens is 484 g/mol. The SMILES string of the molecule is Cc1cc(Nc2cc(C)[nH]n2)nc(N2CCN(C(=O)NCc3cccc4c3COC(F)(F)O4)[C@@H](C)C2)c1. The summed E-state index contributed by atoms with van der Waals surface area (Å²) in [6.45, 7) is 7.56. The van der Waals surface area contributed by atoms with Gasteiger partial charge in [-0.2, -0.15) is 5.10 Å². The molecule has 2 amide bonds. The molecule has 1 aromatic carbocycles. The summed E-state index contributed by atoms with van der Waals surface area (Å²) in [5.41, 5.74) is 3.19. The van der Waals surface area contributed by atoms with Crippen LogP contribution in [0.2, 0.25) is 0 Å². The third kappa shape index (κ3) is 5.58. The molecule has 1 atom stereocenters. The van der Waals surface area contributed by atoms with Gasteiger partial charge in [0, 0.05) is 49.5 Å². The zero-order chi connectivity index (χ0) is 26.2. The number of anilines is 3. The van der Waals surface area contributed by atoms with Crippen molar-refractivity contribution in [2.75, 3.05) is 29.9 Å². The Morgan fingerprint density at radius 3 is 2.81 bits per heavy atom. The summed E-state index contributed by atoms with van der Waals surface area (Å²) < 4.78 is 35.8. The first-order valence-corrected chi connectivity index (χ1v) is 12.1. The Hall–Kier alpha value is -3.93. The van der Waals surface area contributed by atoms with Crippen LogP contribution >= 0.6 is 0 Å². The first-order valence-electron chi connectivity index (χ1n) is 12.1. The van der Waals surface area contributed by atoms with Crippen LogP contribution in [0.4, 0.5) is 31.0 Å². The van der Waals surface area contributed by atoms with Gasteiger partial charge in [-0.05, 0) is 50.1 Å². The van der Waals surface area contributed by atoms with Crippen molar-refractivity contribution in [3.8, 4) is 5.75 Å². The molecule has 5 rings (SSSR count). The van der Waals surface area contributed by atoms with Crippen LogP contribution in [-0.2, 0) is 17.9 Å². The molecule has 12 heteroatoms. The minimum atomic E-state index is -3.65. The Morgan fingerprint density at radius 2 is 2.05 bits per heavy atom. The number of nitrogens with one attached hydrogen (secondary N) is 3. The molecule has 10 nitrogen and oxygen atoms in total. The molecule has 37 heavy (non-hydrogen) atoms. The highest BCUT2D eigenvalue weighted by atomic mass is 19.3. The maximum Gasteiger partial charge on any atom is 0.535 e. The number of amides is 2. The molecule has 2 aliphatic rings. The number of ether oxygens (including phenoxy) is 2. The lowest BCUT2D eigenvalue weighted by molar-refractivity contribution is -0.368. The van der Waals surface area contributed by atoms with Crippen molar-refractivity contribution in [3.63, 3.8) is 0 Å². The Balaban J connectivity index is 1.20. The van der Waals surface area contributed by atoms with E-state index in [-0.39, 0.29) is 31.0 Å². The molecule has 3 N–H and O–H groups in total. The standard InChI is InChI=1S/C25H29F2N7O3/c1-15-9-21(29-22-11-16(2)31-32-22)30-23(10-15)33-7-8-34(17(3)13-33)24(35)28-12-18-5-4-6-20-19(18)14-36-25(26,27)37-20/h4-6,9-11,17H,7-8,12-14H2,1-3H3,(H,28,35)(H2,29,30,31,32)/t17-/m0/s1. The molecule has 0 radical (unpaired) electrons. The van der Waals surface area contributed by atoms with Crippen LogP contribution in [0, 0.1) is 13.8 Å². The summed E-state index contributed by atoms with van der Waals surface area (Å²) in [7, 11) is 0. The molecule has 3 aromatic rings. The number of rotatable bonds is 5. The van der Waals surface area contributed by atoms with Crippen molar-refractivity contribution >= 4 is 23.5 Å². The van der Waals surface area contributed by atoms with Gasteiger partial charge in [0.05, 0.1) is 6.61 Å². The highest BCUT2D eigenvalue weighted by Gasteiger charge is 2.39. The molecule has 1 fully saturated rings. The van der Waals surface area contributed by atoms with Gasteiger partial charge in [0.15, 0.2) is 5.82 Å². The predicted octanol–water partition coefficient (Wildman–Crippen LogP) is 4.04. The average Bonchev–Trinajstić information content (AvgIpc) is 3.25. The second-order valence-electron chi connectivity index (χ2n) is 9.34. The third-order valence-corrected chi connectivity index (χ3v) is 6.40. The predicted molar refractivity (Wildman–Crippen MR) is 133 cm³/mol. The van der Waals surface area contributed by atoms with E-state index in [4.69, 9.17) is 4.98 Å². The monoisotopic (exact) mass is 513 g/mol. The lowest BCUT2D eigenvalue weighted by atomic mass is 10.1. The van der Waals surface area contributed by atoms with Gasteiger partial charge in [-0.3, -0.25) is 9.84 Å². The van der Waals surface area contributed by atoms with Crippen molar-refractivity contribution in [2.24, 2.45) is 0 Å². The van der Waals surface area contributed by atoms with Crippen LogP contribution < -0.4 is 20.3 Å². The average molecular weight is 514 g/mol. The van der Waals surface area contributed by atoms with Crippen molar-refractivity contribution in [1.82, 2.24) is 25.4 Å². The maximum atomic E-state index is 13.4. The fraction of sp³-hybridized carbons (Fsp3) is 0.400. The van der Waals surface area contributed by atoms with Crippen LogP contribution in [0.1, 0.15) is 29.3 Å². The second-order valence-corrected chi connectivity index (χ2v) is 9.34. The summed E-state index contributed by atoms with van der Waals surface area (Å²) in [5.74, 6) is 2.29. The molecule has 196 valence electrons. The highest BCUT2D eigenvalue weighted by Crippen LogP contribution is 2.35. The Bertz CT molecular complexity index is 1300. The Labute approximate surface area is 213 Å². The number of nitrogens with zero attached hydrogens (tertiary/aromatic N) is 4. The summed E-state index contributed by atoms with van der Waals surface area (Å²) in [5, 5.41) is 13.2. The number of hydrogen-bond acceptors (Lipinski definition) is 7.